The fourth-order valence-corrected chi connectivity index (χ4v) is 2.69. The molecule has 88 valence electrons. The van der Waals surface area contributed by atoms with Crippen molar-refractivity contribution in [1.82, 2.24) is 9.88 Å². The van der Waals surface area contributed by atoms with Crippen LogP contribution in [0.2, 0.25) is 0 Å². The molecule has 3 atom stereocenters. The van der Waals surface area contributed by atoms with Crippen molar-refractivity contribution in [3.05, 3.63) is 30.1 Å². The Hall–Kier alpha value is -1.71. The molecule has 2 aliphatic rings. The molecular formula is C13H14N2O2. The summed E-state index contributed by atoms with van der Waals surface area (Å²) in [6.07, 6.45) is 3.41. The van der Waals surface area contributed by atoms with E-state index >= 15 is 0 Å². The monoisotopic (exact) mass is 230 g/mol. The summed E-state index contributed by atoms with van der Waals surface area (Å²) in [4.78, 5) is 29.8. The molecule has 3 rings (SSSR count). The lowest BCUT2D eigenvalue weighted by atomic mass is 9.76. The molecule has 0 N–H and O–H groups in total. The van der Waals surface area contributed by atoms with E-state index in [1.807, 2.05) is 25.1 Å². The van der Waals surface area contributed by atoms with Crippen LogP contribution in [0, 0.1) is 11.8 Å². The third kappa shape index (κ3) is 1.40. The van der Waals surface area contributed by atoms with E-state index in [1.54, 1.807) is 6.20 Å². The van der Waals surface area contributed by atoms with E-state index in [1.165, 1.54) is 4.90 Å². The van der Waals surface area contributed by atoms with Crippen molar-refractivity contribution < 1.29 is 9.59 Å². The standard InChI is InChI=1S/C13H14N2O2/c1-8(11-4-2-3-7-14-11)15-12(16)9-5-6-10(9)13(15)17/h2-4,7-10H,5-6H2,1H3. The second-order valence-electron chi connectivity index (χ2n) is 4.77. The number of hydrogen-bond acceptors (Lipinski definition) is 3. The lowest BCUT2D eigenvalue weighted by Crippen LogP contribution is -2.33. The SMILES string of the molecule is CC(c1ccccn1)N1C(=O)C2CCC2C1=O. The number of fused-ring (bicyclic) bond motifs is 1. The third-order valence-corrected chi connectivity index (χ3v) is 3.89. The molecule has 1 aliphatic heterocycles. The largest absolute Gasteiger partial charge is 0.274 e. The topological polar surface area (TPSA) is 50.3 Å². The Morgan fingerprint density at radius 2 is 1.88 bits per heavy atom. The molecule has 2 heterocycles. The lowest BCUT2D eigenvalue weighted by molar-refractivity contribution is -0.142. The highest BCUT2D eigenvalue weighted by atomic mass is 16.2. The Labute approximate surface area is 99.6 Å². The molecule has 2 fully saturated rings. The molecule has 4 heteroatoms. The molecule has 1 aromatic rings. The number of likely N-dealkylation sites (tertiary alicyclic amines) is 1. The van der Waals surface area contributed by atoms with Gasteiger partial charge >= 0.3 is 0 Å². The van der Waals surface area contributed by atoms with Gasteiger partial charge in [-0.1, -0.05) is 6.07 Å². The van der Waals surface area contributed by atoms with Crippen molar-refractivity contribution in [3.8, 4) is 0 Å². The predicted molar refractivity (Wildman–Crippen MR) is 60.7 cm³/mol. The quantitative estimate of drug-likeness (QED) is 0.724. The maximum absolute atomic E-state index is 12.1. The first-order chi connectivity index (χ1) is 8.20. The second kappa shape index (κ2) is 3.65. The van der Waals surface area contributed by atoms with Crippen LogP contribution in [0.4, 0.5) is 0 Å². The fraction of sp³-hybridized carbons (Fsp3) is 0.462. The molecule has 0 bridgehead atoms. The van der Waals surface area contributed by atoms with E-state index in [0.29, 0.717) is 0 Å². The molecule has 2 amide bonds. The summed E-state index contributed by atoms with van der Waals surface area (Å²) >= 11 is 0. The Kier molecular flexibility index (Phi) is 2.24. The Bertz CT molecular complexity index is 450. The molecule has 1 saturated carbocycles. The summed E-state index contributed by atoms with van der Waals surface area (Å²) in [5.41, 5.74) is 0.774. The first-order valence-corrected chi connectivity index (χ1v) is 5.98. The van der Waals surface area contributed by atoms with Gasteiger partial charge in [0.2, 0.25) is 11.8 Å². The highest BCUT2D eigenvalue weighted by Gasteiger charge is 2.54. The van der Waals surface area contributed by atoms with Crippen LogP contribution in [-0.2, 0) is 9.59 Å². The number of rotatable bonds is 2. The van der Waals surface area contributed by atoms with Gasteiger partial charge in [-0.25, -0.2) is 0 Å². The Morgan fingerprint density at radius 1 is 1.24 bits per heavy atom. The number of hydrogen-bond donors (Lipinski definition) is 0. The highest BCUT2D eigenvalue weighted by Crippen LogP contribution is 2.44. The van der Waals surface area contributed by atoms with Gasteiger partial charge in [-0.2, -0.15) is 0 Å². The normalized spacial score (nSPS) is 28.9. The van der Waals surface area contributed by atoms with Gasteiger partial charge < -0.3 is 0 Å². The summed E-state index contributed by atoms with van der Waals surface area (Å²) in [7, 11) is 0. The number of pyridine rings is 1. The first-order valence-electron chi connectivity index (χ1n) is 5.98. The van der Waals surface area contributed by atoms with E-state index in [-0.39, 0.29) is 29.7 Å². The Balaban J connectivity index is 1.89. The van der Waals surface area contributed by atoms with E-state index < -0.39 is 0 Å². The molecular weight excluding hydrogens is 216 g/mol. The summed E-state index contributed by atoms with van der Waals surface area (Å²) in [5, 5.41) is 0. The van der Waals surface area contributed by atoms with E-state index in [9.17, 15) is 9.59 Å². The van der Waals surface area contributed by atoms with Gasteiger partial charge in [-0.05, 0) is 31.9 Å². The van der Waals surface area contributed by atoms with Crippen molar-refractivity contribution in [1.29, 1.82) is 0 Å². The van der Waals surface area contributed by atoms with Gasteiger partial charge in [-0.15, -0.1) is 0 Å². The molecule has 3 unspecified atom stereocenters. The van der Waals surface area contributed by atoms with Crippen molar-refractivity contribution in [3.63, 3.8) is 0 Å². The zero-order chi connectivity index (χ0) is 12.0. The number of amides is 2. The number of imide groups is 1. The number of aromatic nitrogens is 1. The van der Waals surface area contributed by atoms with Crippen molar-refractivity contribution in [2.24, 2.45) is 11.8 Å². The summed E-state index contributed by atoms with van der Waals surface area (Å²) in [6.45, 7) is 1.86. The Morgan fingerprint density at radius 3 is 2.35 bits per heavy atom. The van der Waals surface area contributed by atoms with Gasteiger partial charge in [-0.3, -0.25) is 19.5 Å². The van der Waals surface area contributed by atoms with Crippen LogP contribution < -0.4 is 0 Å². The van der Waals surface area contributed by atoms with Crippen LogP contribution >= 0.6 is 0 Å². The maximum atomic E-state index is 12.1. The van der Waals surface area contributed by atoms with Gasteiger partial charge in [0.05, 0.1) is 23.6 Å². The molecule has 4 nitrogen and oxygen atoms in total. The summed E-state index contributed by atoms with van der Waals surface area (Å²) in [5.74, 6) is -0.115. The molecule has 1 saturated heterocycles. The van der Waals surface area contributed by atoms with Gasteiger partial charge in [0.25, 0.3) is 0 Å². The molecule has 17 heavy (non-hydrogen) atoms. The van der Waals surface area contributed by atoms with Crippen molar-refractivity contribution in [2.75, 3.05) is 0 Å². The minimum Gasteiger partial charge on any atom is -0.274 e. The molecule has 0 radical (unpaired) electrons. The molecule has 0 aromatic carbocycles. The van der Waals surface area contributed by atoms with Gasteiger partial charge in [0, 0.05) is 6.20 Å². The minimum atomic E-state index is -0.248. The van der Waals surface area contributed by atoms with Crippen LogP contribution in [0.15, 0.2) is 24.4 Å². The molecule has 1 aromatic heterocycles. The zero-order valence-corrected chi connectivity index (χ0v) is 9.67. The molecule has 0 spiro atoms. The predicted octanol–water partition coefficient (Wildman–Crippen LogP) is 1.54. The summed E-state index contributed by atoms with van der Waals surface area (Å²) in [6, 6.07) is 5.30. The highest BCUT2D eigenvalue weighted by molar-refractivity contribution is 6.06. The van der Waals surface area contributed by atoms with Crippen LogP contribution in [0.3, 0.4) is 0 Å². The number of carbonyl (C=O) groups excluding carboxylic acids is 2. The second-order valence-corrected chi connectivity index (χ2v) is 4.77. The van der Waals surface area contributed by atoms with Gasteiger partial charge in [0.1, 0.15) is 0 Å². The first kappa shape index (κ1) is 10.4. The van der Waals surface area contributed by atoms with E-state index in [4.69, 9.17) is 0 Å². The van der Waals surface area contributed by atoms with Crippen molar-refractivity contribution >= 4 is 11.8 Å². The van der Waals surface area contributed by atoms with Crippen LogP contribution in [0.1, 0.15) is 31.5 Å². The minimum absolute atomic E-state index is 0.00981. The maximum Gasteiger partial charge on any atom is 0.233 e. The average Bonchev–Trinajstić information content (AvgIpc) is 2.44. The third-order valence-electron chi connectivity index (χ3n) is 3.89. The van der Waals surface area contributed by atoms with E-state index in [2.05, 4.69) is 4.98 Å². The number of nitrogens with zero attached hydrogens (tertiary/aromatic N) is 2. The average molecular weight is 230 g/mol. The smallest absolute Gasteiger partial charge is 0.233 e. The summed E-state index contributed by atoms with van der Waals surface area (Å²) < 4.78 is 0. The fourth-order valence-electron chi connectivity index (χ4n) is 2.69. The van der Waals surface area contributed by atoms with Crippen LogP contribution in [-0.4, -0.2) is 21.7 Å². The number of carbonyl (C=O) groups is 2. The van der Waals surface area contributed by atoms with Crippen LogP contribution in [0.25, 0.3) is 0 Å². The van der Waals surface area contributed by atoms with Crippen molar-refractivity contribution in [2.45, 2.75) is 25.8 Å². The van der Waals surface area contributed by atoms with E-state index in [0.717, 1.165) is 18.5 Å². The lowest BCUT2D eigenvalue weighted by Gasteiger charge is -2.24. The molecule has 1 aliphatic carbocycles. The zero-order valence-electron chi connectivity index (χ0n) is 9.67. The van der Waals surface area contributed by atoms with Crippen LogP contribution in [0.5, 0.6) is 0 Å². The van der Waals surface area contributed by atoms with Gasteiger partial charge in [0.15, 0.2) is 0 Å².